The summed E-state index contributed by atoms with van der Waals surface area (Å²) in [5.74, 6) is 1.62. The average molecular weight is 483 g/mol. The van der Waals surface area contributed by atoms with E-state index in [1.165, 1.54) is 19.3 Å². The molecule has 0 radical (unpaired) electrons. The van der Waals surface area contributed by atoms with E-state index in [1.54, 1.807) is 29.4 Å². The minimum Gasteiger partial charge on any atom is -0.468 e. The topological polar surface area (TPSA) is 84.4 Å². The predicted octanol–water partition coefficient (Wildman–Crippen LogP) is 5.44. The van der Waals surface area contributed by atoms with Gasteiger partial charge in [-0.1, -0.05) is 47.7 Å². The number of nitrogens with one attached hydrogen (secondary N) is 1. The highest BCUT2D eigenvalue weighted by molar-refractivity contribution is 8.00. The van der Waals surface area contributed by atoms with Crippen LogP contribution in [0.4, 0.5) is 0 Å². The van der Waals surface area contributed by atoms with Crippen molar-refractivity contribution in [1.82, 2.24) is 20.4 Å². The summed E-state index contributed by atoms with van der Waals surface area (Å²) in [5, 5.41) is 13.3. The summed E-state index contributed by atoms with van der Waals surface area (Å²) in [6, 6.07) is 11.7. The molecule has 4 heterocycles. The minimum absolute atomic E-state index is 0.0100. The van der Waals surface area contributed by atoms with Gasteiger partial charge in [-0.2, -0.15) is 0 Å². The van der Waals surface area contributed by atoms with Crippen LogP contribution in [0.2, 0.25) is 0 Å². The number of rotatable bonds is 8. The van der Waals surface area contributed by atoms with Crippen LogP contribution in [0.25, 0.3) is 11.0 Å². The van der Waals surface area contributed by atoms with Crippen molar-refractivity contribution in [1.29, 1.82) is 0 Å². The van der Waals surface area contributed by atoms with E-state index in [4.69, 9.17) is 8.83 Å². The maximum absolute atomic E-state index is 13.3. The zero-order valence-electron chi connectivity index (χ0n) is 18.5. The van der Waals surface area contributed by atoms with Crippen LogP contribution in [0.1, 0.15) is 52.2 Å². The number of carbonyl (C=O) groups is 1. The number of hydrogen-bond donors (Lipinski definition) is 1. The van der Waals surface area contributed by atoms with Crippen LogP contribution in [0.5, 0.6) is 0 Å². The van der Waals surface area contributed by atoms with E-state index in [9.17, 15) is 4.79 Å². The van der Waals surface area contributed by atoms with Gasteiger partial charge in [0.15, 0.2) is 10.1 Å². The van der Waals surface area contributed by atoms with Crippen molar-refractivity contribution in [2.75, 3.05) is 19.6 Å². The second-order valence-corrected chi connectivity index (χ2v) is 10.5. The van der Waals surface area contributed by atoms with E-state index in [-0.39, 0.29) is 11.9 Å². The predicted molar refractivity (Wildman–Crippen MR) is 130 cm³/mol. The summed E-state index contributed by atoms with van der Waals surface area (Å²) in [4.78, 5) is 15.7. The number of benzene rings is 1. The molecule has 3 aromatic heterocycles. The number of furan rings is 2. The minimum atomic E-state index is -0.205. The van der Waals surface area contributed by atoms with Crippen molar-refractivity contribution in [3.63, 3.8) is 0 Å². The number of fused-ring (bicyclic) bond motifs is 1. The number of carbonyl (C=O) groups excluding carboxylic acids is 1. The first-order valence-corrected chi connectivity index (χ1v) is 13.0. The molecule has 1 amide bonds. The molecule has 172 valence electrons. The van der Waals surface area contributed by atoms with E-state index < -0.39 is 0 Å². The fourth-order valence-electron chi connectivity index (χ4n) is 4.29. The van der Waals surface area contributed by atoms with E-state index in [2.05, 4.69) is 20.4 Å². The third-order valence-corrected chi connectivity index (χ3v) is 7.91. The van der Waals surface area contributed by atoms with Gasteiger partial charge in [-0.25, -0.2) is 0 Å². The summed E-state index contributed by atoms with van der Waals surface area (Å²) in [6.45, 7) is 4.42. The van der Waals surface area contributed by atoms with Gasteiger partial charge in [0.05, 0.1) is 12.3 Å². The van der Waals surface area contributed by atoms with Gasteiger partial charge in [-0.3, -0.25) is 9.69 Å². The van der Waals surface area contributed by atoms with Crippen molar-refractivity contribution in [3.05, 3.63) is 64.8 Å². The maximum atomic E-state index is 13.3. The molecule has 9 heteroatoms. The van der Waals surface area contributed by atoms with Crippen LogP contribution in [-0.4, -0.2) is 40.6 Å². The van der Waals surface area contributed by atoms with Crippen LogP contribution in [0, 0.1) is 6.92 Å². The van der Waals surface area contributed by atoms with Crippen LogP contribution in [0.15, 0.2) is 55.8 Å². The van der Waals surface area contributed by atoms with E-state index in [0.29, 0.717) is 23.6 Å². The zero-order valence-corrected chi connectivity index (χ0v) is 20.1. The Hall–Kier alpha value is -2.62. The molecule has 7 nitrogen and oxygen atoms in total. The lowest BCUT2D eigenvalue weighted by atomic mass is 10.1. The molecule has 0 saturated carbocycles. The quantitative estimate of drug-likeness (QED) is 0.335. The van der Waals surface area contributed by atoms with Gasteiger partial charge in [-0.05, 0) is 51.1 Å². The van der Waals surface area contributed by atoms with Crippen molar-refractivity contribution in [3.8, 4) is 0 Å². The smallest absolute Gasteiger partial charge is 0.287 e. The molecule has 1 saturated heterocycles. The largest absolute Gasteiger partial charge is 0.468 e. The Morgan fingerprint density at radius 1 is 1.18 bits per heavy atom. The average Bonchev–Trinajstić information content (AvgIpc) is 3.59. The highest BCUT2D eigenvalue weighted by Gasteiger charge is 2.27. The Kier molecular flexibility index (Phi) is 6.80. The molecule has 1 aromatic carbocycles. The lowest BCUT2D eigenvalue weighted by Gasteiger charge is -2.33. The van der Waals surface area contributed by atoms with Crippen molar-refractivity contribution in [2.24, 2.45) is 0 Å². The molecular formula is C24H26N4O3S2. The number of para-hydroxylation sites is 1. The Labute approximate surface area is 200 Å². The first kappa shape index (κ1) is 22.2. The normalized spacial score (nSPS) is 15.7. The van der Waals surface area contributed by atoms with Crippen LogP contribution >= 0.6 is 23.1 Å². The van der Waals surface area contributed by atoms with Crippen molar-refractivity contribution >= 4 is 40.0 Å². The van der Waals surface area contributed by atoms with Gasteiger partial charge in [0.25, 0.3) is 5.91 Å². The van der Waals surface area contributed by atoms with Gasteiger partial charge in [0.2, 0.25) is 0 Å². The third-order valence-electron chi connectivity index (χ3n) is 5.91. The fourth-order valence-corrected chi connectivity index (χ4v) is 6.13. The Bertz CT molecular complexity index is 1210. The summed E-state index contributed by atoms with van der Waals surface area (Å²) < 4.78 is 12.6. The molecule has 5 rings (SSSR count). The van der Waals surface area contributed by atoms with Gasteiger partial charge < -0.3 is 14.2 Å². The molecule has 1 aliphatic rings. The molecule has 1 N–H and O–H groups in total. The van der Waals surface area contributed by atoms with Crippen molar-refractivity contribution in [2.45, 2.75) is 42.3 Å². The molecule has 33 heavy (non-hydrogen) atoms. The second-order valence-electron chi connectivity index (χ2n) is 8.12. The molecule has 0 aliphatic carbocycles. The number of thioether (sulfide) groups is 1. The fraction of sp³-hybridized carbons (Fsp3) is 0.375. The Balaban J connectivity index is 1.36. The van der Waals surface area contributed by atoms with E-state index in [1.807, 2.05) is 43.3 Å². The molecule has 1 fully saturated rings. The highest BCUT2D eigenvalue weighted by atomic mass is 32.2. The van der Waals surface area contributed by atoms with Gasteiger partial charge >= 0.3 is 0 Å². The SMILES string of the molecule is Cc1nnc(SCc2c(C(=O)NCC(c3ccco3)N3CCCCC3)oc3ccccc23)s1. The molecule has 4 aromatic rings. The number of hydrogen-bond acceptors (Lipinski definition) is 8. The van der Waals surface area contributed by atoms with Crippen LogP contribution in [-0.2, 0) is 5.75 Å². The van der Waals surface area contributed by atoms with Crippen molar-refractivity contribution < 1.29 is 13.6 Å². The molecule has 0 spiro atoms. The first-order chi connectivity index (χ1) is 16.2. The molecular weight excluding hydrogens is 456 g/mol. The first-order valence-electron chi connectivity index (χ1n) is 11.2. The molecule has 1 atom stereocenters. The standard InChI is InChI=1S/C24H26N4O3S2/c1-16-26-27-24(33-16)32-15-18-17-8-3-4-9-20(17)31-22(18)23(29)25-14-19(21-10-7-13-30-21)28-11-5-2-6-12-28/h3-4,7-10,13,19H,2,5-6,11-12,14-15H2,1H3,(H,25,29). The number of nitrogens with zero attached hydrogens (tertiary/aromatic N) is 3. The summed E-state index contributed by atoms with van der Waals surface area (Å²) in [5.41, 5.74) is 1.60. The van der Waals surface area contributed by atoms with E-state index in [0.717, 1.165) is 39.1 Å². The number of piperidine rings is 1. The lowest BCUT2D eigenvalue weighted by Crippen LogP contribution is -2.40. The summed E-state index contributed by atoms with van der Waals surface area (Å²) in [7, 11) is 0. The number of aromatic nitrogens is 2. The number of amides is 1. The molecule has 1 aliphatic heterocycles. The van der Waals surface area contributed by atoms with Gasteiger partial charge in [0, 0.05) is 23.2 Å². The number of aryl methyl sites for hydroxylation is 1. The molecule has 0 bridgehead atoms. The zero-order chi connectivity index (χ0) is 22.6. The van der Waals surface area contributed by atoms with Gasteiger partial charge in [0.1, 0.15) is 16.4 Å². The monoisotopic (exact) mass is 482 g/mol. The third kappa shape index (κ3) is 5.00. The summed E-state index contributed by atoms with van der Waals surface area (Å²) >= 11 is 3.12. The maximum Gasteiger partial charge on any atom is 0.287 e. The van der Waals surface area contributed by atoms with E-state index >= 15 is 0 Å². The van der Waals surface area contributed by atoms with Crippen LogP contribution < -0.4 is 5.32 Å². The summed E-state index contributed by atoms with van der Waals surface area (Å²) in [6.07, 6.45) is 5.28. The Morgan fingerprint density at radius 2 is 2.03 bits per heavy atom. The van der Waals surface area contributed by atoms with Gasteiger partial charge in [-0.15, -0.1) is 10.2 Å². The lowest BCUT2D eigenvalue weighted by molar-refractivity contribution is 0.0888. The van der Waals surface area contributed by atoms with Crippen LogP contribution in [0.3, 0.4) is 0 Å². The second kappa shape index (κ2) is 10.1. The highest BCUT2D eigenvalue weighted by Crippen LogP contribution is 2.33. The molecule has 1 unspecified atom stereocenters. The number of likely N-dealkylation sites (tertiary alicyclic amines) is 1. The Morgan fingerprint density at radius 3 is 2.79 bits per heavy atom.